The molecule has 0 spiro atoms. The second-order valence-corrected chi connectivity index (χ2v) is 5.39. The van der Waals surface area contributed by atoms with Gasteiger partial charge in [-0.05, 0) is 48.7 Å². The molecule has 1 atom stereocenters. The molecule has 2 aromatic carbocycles. The predicted octanol–water partition coefficient (Wildman–Crippen LogP) is 3.17. The number of anilines is 1. The predicted molar refractivity (Wildman–Crippen MR) is 90.9 cm³/mol. The van der Waals surface area contributed by atoms with E-state index in [0.717, 1.165) is 22.4 Å². The largest absolute Gasteiger partial charge is 0.496 e. The number of carbonyl (C=O) groups is 1. The summed E-state index contributed by atoms with van der Waals surface area (Å²) < 4.78 is 5.18. The first-order valence-corrected chi connectivity index (χ1v) is 7.44. The quantitative estimate of drug-likeness (QED) is 0.794. The number of nitrogens with one attached hydrogen (secondary N) is 2. The maximum Gasteiger partial charge on any atom is 0.319 e. The second kappa shape index (κ2) is 7.65. The van der Waals surface area contributed by atoms with E-state index in [4.69, 9.17) is 4.74 Å². The Hall–Kier alpha value is -2.53. The molecule has 0 saturated carbocycles. The molecule has 0 aliphatic heterocycles. The smallest absolute Gasteiger partial charge is 0.319 e. The normalized spacial score (nSPS) is 11.7. The lowest BCUT2D eigenvalue weighted by Crippen LogP contribution is -2.32. The van der Waals surface area contributed by atoms with Crippen molar-refractivity contribution in [1.82, 2.24) is 5.32 Å². The van der Waals surface area contributed by atoms with E-state index in [2.05, 4.69) is 10.6 Å². The molecule has 122 valence electrons. The molecular weight excluding hydrogens is 292 g/mol. The summed E-state index contributed by atoms with van der Waals surface area (Å²) in [5, 5.41) is 15.6. The highest BCUT2D eigenvalue weighted by Gasteiger charge is 2.11. The number of amides is 2. The van der Waals surface area contributed by atoms with E-state index in [0.29, 0.717) is 5.69 Å². The van der Waals surface area contributed by atoms with Crippen LogP contribution in [-0.4, -0.2) is 24.8 Å². The highest BCUT2D eigenvalue weighted by atomic mass is 16.5. The van der Waals surface area contributed by atoms with Crippen LogP contribution in [0.25, 0.3) is 0 Å². The van der Waals surface area contributed by atoms with Crippen LogP contribution in [0.15, 0.2) is 42.5 Å². The third kappa shape index (κ3) is 4.47. The lowest BCUT2D eigenvalue weighted by Gasteiger charge is -2.15. The summed E-state index contributed by atoms with van der Waals surface area (Å²) in [5.74, 6) is 0.769. The van der Waals surface area contributed by atoms with Gasteiger partial charge in [-0.1, -0.05) is 24.3 Å². The van der Waals surface area contributed by atoms with Gasteiger partial charge in [0.25, 0.3) is 0 Å². The third-order valence-corrected chi connectivity index (χ3v) is 3.66. The van der Waals surface area contributed by atoms with Gasteiger partial charge in [-0.2, -0.15) is 0 Å². The summed E-state index contributed by atoms with van der Waals surface area (Å²) in [6.45, 7) is 3.98. The highest BCUT2D eigenvalue weighted by molar-refractivity contribution is 5.89. The number of carbonyl (C=O) groups excluding carboxylic acids is 1. The van der Waals surface area contributed by atoms with Crippen molar-refractivity contribution in [3.8, 4) is 5.75 Å². The highest BCUT2D eigenvalue weighted by Crippen LogP contribution is 2.21. The summed E-state index contributed by atoms with van der Waals surface area (Å²) in [5.41, 5.74) is 3.41. The van der Waals surface area contributed by atoms with E-state index >= 15 is 0 Å². The van der Waals surface area contributed by atoms with Gasteiger partial charge in [-0.3, -0.25) is 0 Å². The molecule has 1 unspecified atom stereocenters. The van der Waals surface area contributed by atoms with Crippen LogP contribution in [0.4, 0.5) is 10.5 Å². The minimum Gasteiger partial charge on any atom is -0.496 e. The molecule has 23 heavy (non-hydrogen) atoms. The molecule has 0 saturated heterocycles. The van der Waals surface area contributed by atoms with Gasteiger partial charge in [0.15, 0.2) is 0 Å². The molecule has 0 fully saturated rings. The van der Waals surface area contributed by atoms with Crippen LogP contribution in [0.5, 0.6) is 5.75 Å². The van der Waals surface area contributed by atoms with Gasteiger partial charge >= 0.3 is 6.03 Å². The van der Waals surface area contributed by atoms with E-state index in [-0.39, 0.29) is 12.6 Å². The molecule has 0 heterocycles. The number of rotatable bonds is 5. The van der Waals surface area contributed by atoms with Crippen molar-refractivity contribution in [1.29, 1.82) is 0 Å². The van der Waals surface area contributed by atoms with Crippen LogP contribution in [0.1, 0.15) is 22.8 Å². The molecule has 5 heteroatoms. The topological polar surface area (TPSA) is 70.6 Å². The number of aryl methyl sites for hydroxylation is 2. The lowest BCUT2D eigenvalue weighted by molar-refractivity contribution is 0.174. The zero-order valence-electron chi connectivity index (χ0n) is 13.6. The second-order valence-electron chi connectivity index (χ2n) is 5.39. The summed E-state index contributed by atoms with van der Waals surface area (Å²) >= 11 is 0. The molecule has 0 radical (unpaired) electrons. The minimum atomic E-state index is -0.737. The van der Waals surface area contributed by atoms with E-state index in [1.165, 1.54) is 0 Å². The number of hydrogen-bond acceptors (Lipinski definition) is 3. The Labute approximate surface area is 136 Å². The van der Waals surface area contributed by atoms with Crippen LogP contribution >= 0.6 is 0 Å². The monoisotopic (exact) mass is 314 g/mol. The van der Waals surface area contributed by atoms with Crippen molar-refractivity contribution in [2.24, 2.45) is 0 Å². The van der Waals surface area contributed by atoms with Crippen molar-refractivity contribution in [3.63, 3.8) is 0 Å². The van der Waals surface area contributed by atoms with E-state index in [1.54, 1.807) is 19.2 Å². The Morgan fingerprint density at radius 1 is 1.17 bits per heavy atom. The zero-order valence-corrected chi connectivity index (χ0v) is 13.6. The Morgan fingerprint density at radius 2 is 1.91 bits per heavy atom. The van der Waals surface area contributed by atoms with Crippen LogP contribution in [-0.2, 0) is 0 Å². The van der Waals surface area contributed by atoms with E-state index < -0.39 is 6.10 Å². The van der Waals surface area contributed by atoms with E-state index in [1.807, 2.05) is 44.2 Å². The Bertz CT molecular complexity index is 686. The fourth-order valence-electron chi connectivity index (χ4n) is 2.39. The number of aliphatic hydroxyl groups is 1. The molecule has 3 N–H and O–H groups in total. The van der Waals surface area contributed by atoms with Crippen molar-refractivity contribution < 1.29 is 14.6 Å². The fraction of sp³-hybridized carbons (Fsp3) is 0.278. The van der Waals surface area contributed by atoms with Crippen LogP contribution in [0.2, 0.25) is 0 Å². The standard InChI is InChI=1S/C18H22N2O3/c1-12-6-4-5-7-15(12)16(21)11-19-18(22)20-14-8-9-17(23-3)13(2)10-14/h4-10,16,21H,11H2,1-3H3,(H2,19,20,22). The Balaban J connectivity index is 1.90. The molecular formula is C18H22N2O3. The van der Waals surface area contributed by atoms with Crippen LogP contribution in [0.3, 0.4) is 0 Å². The maximum absolute atomic E-state index is 11.9. The number of benzene rings is 2. The summed E-state index contributed by atoms with van der Waals surface area (Å²) in [4.78, 5) is 11.9. The maximum atomic E-state index is 11.9. The molecule has 0 bridgehead atoms. The van der Waals surface area contributed by atoms with Gasteiger partial charge in [0.2, 0.25) is 0 Å². The van der Waals surface area contributed by atoms with Gasteiger partial charge in [0, 0.05) is 12.2 Å². The minimum absolute atomic E-state index is 0.145. The fourth-order valence-corrected chi connectivity index (χ4v) is 2.39. The first-order valence-electron chi connectivity index (χ1n) is 7.44. The average molecular weight is 314 g/mol. The molecule has 2 aromatic rings. The van der Waals surface area contributed by atoms with Crippen molar-refractivity contribution in [2.75, 3.05) is 19.0 Å². The number of ether oxygens (including phenoxy) is 1. The van der Waals surface area contributed by atoms with Gasteiger partial charge in [-0.25, -0.2) is 4.79 Å². The number of aliphatic hydroxyl groups excluding tert-OH is 1. The van der Waals surface area contributed by atoms with Gasteiger partial charge in [-0.15, -0.1) is 0 Å². The van der Waals surface area contributed by atoms with Gasteiger partial charge in [0.1, 0.15) is 5.75 Å². The van der Waals surface area contributed by atoms with Crippen molar-refractivity contribution >= 4 is 11.7 Å². The first kappa shape index (κ1) is 16.8. The lowest BCUT2D eigenvalue weighted by atomic mass is 10.0. The Morgan fingerprint density at radius 3 is 2.57 bits per heavy atom. The third-order valence-electron chi connectivity index (χ3n) is 3.66. The van der Waals surface area contributed by atoms with Crippen molar-refractivity contribution in [2.45, 2.75) is 20.0 Å². The first-order chi connectivity index (χ1) is 11.0. The van der Waals surface area contributed by atoms with Crippen LogP contribution in [0, 0.1) is 13.8 Å². The summed E-state index contributed by atoms with van der Waals surface area (Å²) in [6.07, 6.45) is -0.737. The van der Waals surface area contributed by atoms with Crippen molar-refractivity contribution in [3.05, 3.63) is 59.2 Å². The summed E-state index contributed by atoms with van der Waals surface area (Å²) in [7, 11) is 1.61. The average Bonchev–Trinajstić information content (AvgIpc) is 2.53. The van der Waals surface area contributed by atoms with E-state index in [9.17, 15) is 9.90 Å². The number of methoxy groups -OCH3 is 1. The Kier molecular flexibility index (Phi) is 5.60. The molecule has 0 aromatic heterocycles. The molecule has 0 aliphatic rings. The number of urea groups is 1. The van der Waals surface area contributed by atoms with Crippen LogP contribution < -0.4 is 15.4 Å². The number of hydrogen-bond donors (Lipinski definition) is 3. The summed E-state index contributed by atoms with van der Waals surface area (Å²) in [6, 6.07) is 12.6. The van der Waals surface area contributed by atoms with Gasteiger partial charge in [0.05, 0.1) is 13.2 Å². The molecule has 2 rings (SSSR count). The molecule has 0 aliphatic carbocycles. The molecule has 5 nitrogen and oxygen atoms in total. The van der Waals surface area contributed by atoms with Gasteiger partial charge < -0.3 is 20.5 Å². The molecule has 2 amide bonds. The SMILES string of the molecule is COc1ccc(NC(=O)NCC(O)c2ccccc2C)cc1C. The zero-order chi connectivity index (χ0) is 16.8.